The lowest BCUT2D eigenvalue weighted by atomic mass is 9.87. The van der Waals surface area contributed by atoms with Gasteiger partial charge in [-0.3, -0.25) is 0 Å². The minimum absolute atomic E-state index is 0.711. The van der Waals surface area contributed by atoms with Gasteiger partial charge in [-0.05, 0) is 84.4 Å². The van der Waals surface area contributed by atoms with E-state index in [0.717, 1.165) is 10.2 Å². The van der Waals surface area contributed by atoms with Crippen molar-refractivity contribution < 1.29 is 0 Å². The van der Waals surface area contributed by atoms with Crippen molar-refractivity contribution in [3.63, 3.8) is 0 Å². The molecule has 0 aromatic heterocycles. The number of anilines is 1. The summed E-state index contributed by atoms with van der Waals surface area (Å²) >= 11 is 3.55. The molecule has 2 nitrogen and oxygen atoms in total. The summed E-state index contributed by atoms with van der Waals surface area (Å²) in [4.78, 5) is 2.67. The van der Waals surface area contributed by atoms with Gasteiger partial charge in [0.2, 0.25) is 0 Å². The molecule has 1 unspecified atom stereocenters. The molecule has 2 N–H and O–H groups in total. The molecule has 1 aliphatic carbocycles. The van der Waals surface area contributed by atoms with Crippen LogP contribution in [-0.2, 0) is 12.8 Å². The Labute approximate surface area is 125 Å². The van der Waals surface area contributed by atoms with E-state index < -0.39 is 0 Å². The smallest absolute Gasteiger partial charge is 0.0461 e. The summed E-state index contributed by atoms with van der Waals surface area (Å²) in [5.74, 6) is 0. The maximum Gasteiger partial charge on any atom is 0.0461 e. The molecule has 1 aromatic carbocycles. The lowest BCUT2D eigenvalue weighted by molar-refractivity contribution is 0.180. The summed E-state index contributed by atoms with van der Waals surface area (Å²) in [5, 5.41) is 0. The fraction of sp³-hybridized carbons (Fsp3) is 0.625. The first kappa shape index (κ1) is 14.9. The van der Waals surface area contributed by atoms with E-state index in [1.165, 1.54) is 56.3 Å². The Morgan fingerprint density at radius 2 is 1.89 bits per heavy atom. The zero-order valence-corrected chi connectivity index (χ0v) is 13.7. The predicted molar refractivity (Wildman–Crippen MR) is 86.5 cm³/mol. The molecule has 0 aliphatic heterocycles. The first-order chi connectivity index (χ1) is 9.15. The minimum Gasteiger partial charge on any atom is -0.398 e. The third-order valence-electron chi connectivity index (χ3n) is 4.06. The highest BCUT2D eigenvalue weighted by molar-refractivity contribution is 9.10. The molecule has 0 saturated heterocycles. The van der Waals surface area contributed by atoms with Gasteiger partial charge in [-0.15, -0.1) is 0 Å². The fourth-order valence-corrected chi connectivity index (χ4v) is 3.53. The number of benzene rings is 1. The Hall–Kier alpha value is -0.540. The van der Waals surface area contributed by atoms with Gasteiger partial charge in [0, 0.05) is 16.2 Å². The quantitative estimate of drug-likeness (QED) is 0.829. The summed E-state index contributed by atoms with van der Waals surface area (Å²) in [5.41, 5.74) is 9.78. The minimum atomic E-state index is 0.711. The van der Waals surface area contributed by atoms with Gasteiger partial charge in [-0.2, -0.15) is 0 Å². The van der Waals surface area contributed by atoms with Gasteiger partial charge in [-0.1, -0.05) is 13.8 Å². The van der Waals surface area contributed by atoms with Crippen LogP contribution in [0, 0.1) is 0 Å². The van der Waals surface area contributed by atoms with E-state index in [1.807, 2.05) is 0 Å². The summed E-state index contributed by atoms with van der Waals surface area (Å²) in [6.45, 7) is 7.00. The van der Waals surface area contributed by atoms with Crippen LogP contribution in [0.2, 0.25) is 0 Å². The molecular formula is C16H25BrN2. The van der Waals surface area contributed by atoms with Crippen LogP contribution in [-0.4, -0.2) is 24.0 Å². The molecule has 3 heteroatoms. The van der Waals surface area contributed by atoms with E-state index in [2.05, 4.69) is 46.8 Å². The number of rotatable bonds is 5. The second kappa shape index (κ2) is 6.76. The van der Waals surface area contributed by atoms with E-state index in [4.69, 9.17) is 5.73 Å². The molecule has 0 spiro atoms. The first-order valence-corrected chi connectivity index (χ1v) is 8.25. The van der Waals surface area contributed by atoms with E-state index in [-0.39, 0.29) is 0 Å². The normalized spacial score (nSPS) is 18.6. The summed E-state index contributed by atoms with van der Waals surface area (Å²) < 4.78 is 1.05. The van der Waals surface area contributed by atoms with Crippen molar-refractivity contribution in [1.29, 1.82) is 0 Å². The molecule has 19 heavy (non-hydrogen) atoms. The average molecular weight is 325 g/mol. The zero-order valence-electron chi connectivity index (χ0n) is 12.1. The molecular weight excluding hydrogens is 300 g/mol. The van der Waals surface area contributed by atoms with Gasteiger partial charge in [0.15, 0.2) is 0 Å². The Bertz CT molecular complexity index is 425. The molecule has 0 bridgehead atoms. The van der Waals surface area contributed by atoms with Crippen molar-refractivity contribution >= 4 is 21.6 Å². The molecule has 0 amide bonds. The lowest BCUT2D eigenvalue weighted by Crippen LogP contribution is -2.40. The van der Waals surface area contributed by atoms with Crippen LogP contribution in [0.3, 0.4) is 0 Å². The average Bonchev–Trinajstić information content (AvgIpc) is 2.39. The Balaban J connectivity index is 2.14. The maximum absolute atomic E-state index is 5.98. The maximum atomic E-state index is 5.98. The molecule has 0 heterocycles. The molecule has 0 fully saturated rings. The van der Waals surface area contributed by atoms with Gasteiger partial charge in [-0.25, -0.2) is 0 Å². The lowest BCUT2D eigenvalue weighted by Gasteiger charge is -2.35. The van der Waals surface area contributed by atoms with Crippen molar-refractivity contribution in [3.05, 3.63) is 27.7 Å². The monoisotopic (exact) mass is 324 g/mol. The zero-order chi connectivity index (χ0) is 13.8. The van der Waals surface area contributed by atoms with E-state index in [1.54, 1.807) is 0 Å². The summed E-state index contributed by atoms with van der Waals surface area (Å²) in [6.07, 6.45) is 6.10. The van der Waals surface area contributed by atoms with Crippen LogP contribution >= 0.6 is 15.9 Å². The Kier molecular flexibility index (Phi) is 5.28. The van der Waals surface area contributed by atoms with E-state index in [0.29, 0.717) is 6.04 Å². The first-order valence-electron chi connectivity index (χ1n) is 7.46. The topological polar surface area (TPSA) is 29.3 Å². The van der Waals surface area contributed by atoms with Crippen molar-refractivity contribution in [2.45, 2.75) is 52.0 Å². The van der Waals surface area contributed by atoms with Crippen molar-refractivity contribution in [2.75, 3.05) is 18.8 Å². The second-order valence-electron chi connectivity index (χ2n) is 5.58. The van der Waals surface area contributed by atoms with Crippen LogP contribution < -0.4 is 5.73 Å². The summed E-state index contributed by atoms with van der Waals surface area (Å²) in [6, 6.07) is 5.09. The number of nitrogens with two attached hydrogens (primary N) is 1. The number of hydrogen-bond acceptors (Lipinski definition) is 2. The highest BCUT2D eigenvalue weighted by atomic mass is 79.9. The predicted octanol–water partition coefficient (Wildman–Crippen LogP) is 4.01. The molecule has 1 atom stereocenters. The Morgan fingerprint density at radius 3 is 2.53 bits per heavy atom. The molecule has 1 aliphatic rings. The summed E-state index contributed by atoms with van der Waals surface area (Å²) in [7, 11) is 0. The number of nitrogens with zero attached hydrogens (tertiary/aromatic N) is 1. The van der Waals surface area contributed by atoms with E-state index >= 15 is 0 Å². The van der Waals surface area contributed by atoms with Crippen molar-refractivity contribution in [1.82, 2.24) is 4.90 Å². The number of aryl methyl sites for hydroxylation is 1. The Morgan fingerprint density at radius 1 is 1.21 bits per heavy atom. The van der Waals surface area contributed by atoms with Crippen LogP contribution in [0.15, 0.2) is 16.6 Å². The molecule has 0 radical (unpaired) electrons. The molecule has 1 aromatic rings. The number of hydrogen-bond donors (Lipinski definition) is 1. The van der Waals surface area contributed by atoms with E-state index in [9.17, 15) is 0 Å². The van der Waals surface area contributed by atoms with Crippen LogP contribution in [0.1, 0.15) is 44.2 Å². The van der Waals surface area contributed by atoms with Gasteiger partial charge in [0.1, 0.15) is 0 Å². The SMILES string of the molecule is CCCN(CCC)C1CCc2cc(N)c(Br)cc2C1. The third-order valence-corrected chi connectivity index (χ3v) is 4.75. The molecule has 2 rings (SSSR count). The second-order valence-corrected chi connectivity index (χ2v) is 6.43. The highest BCUT2D eigenvalue weighted by Crippen LogP contribution is 2.31. The highest BCUT2D eigenvalue weighted by Gasteiger charge is 2.24. The molecule has 0 saturated carbocycles. The van der Waals surface area contributed by atoms with Crippen LogP contribution in [0.4, 0.5) is 5.69 Å². The number of halogens is 1. The van der Waals surface area contributed by atoms with Gasteiger partial charge in [0.05, 0.1) is 0 Å². The number of nitrogen functional groups attached to an aromatic ring is 1. The van der Waals surface area contributed by atoms with Gasteiger partial charge < -0.3 is 10.6 Å². The van der Waals surface area contributed by atoms with Gasteiger partial charge in [0.25, 0.3) is 0 Å². The largest absolute Gasteiger partial charge is 0.398 e. The van der Waals surface area contributed by atoms with Crippen LogP contribution in [0.25, 0.3) is 0 Å². The molecule has 106 valence electrons. The fourth-order valence-electron chi connectivity index (χ4n) is 3.14. The third kappa shape index (κ3) is 3.51. The van der Waals surface area contributed by atoms with Crippen LogP contribution in [0.5, 0.6) is 0 Å². The standard InChI is InChI=1S/C16H25BrN2/c1-3-7-19(8-4-2)14-6-5-12-11-16(18)15(17)10-13(12)9-14/h10-11,14H,3-9,18H2,1-2H3. The number of fused-ring (bicyclic) bond motifs is 1. The van der Waals surface area contributed by atoms with Crippen molar-refractivity contribution in [3.8, 4) is 0 Å². The van der Waals surface area contributed by atoms with Gasteiger partial charge >= 0.3 is 0 Å². The van der Waals surface area contributed by atoms with Crippen molar-refractivity contribution in [2.24, 2.45) is 0 Å².